The van der Waals surface area contributed by atoms with Crippen LogP contribution in [0, 0.1) is 23.1 Å². The van der Waals surface area contributed by atoms with Gasteiger partial charge < -0.3 is 20.6 Å². The summed E-state index contributed by atoms with van der Waals surface area (Å²) in [6.07, 6.45) is 2.69. The molecule has 0 aliphatic carbocycles. The average Bonchev–Trinajstić information content (AvgIpc) is 2.91. The summed E-state index contributed by atoms with van der Waals surface area (Å²) in [6, 6.07) is 24.4. The smallest absolute Gasteiger partial charge is 0.319 e. The molecule has 3 aromatic rings. The number of nitrogens with zero attached hydrogens (tertiary/aromatic N) is 2. The first-order chi connectivity index (χ1) is 18.0. The number of rotatable bonds is 9. The minimum Gasteiger partial charge on any atom is -0.390 e. The molecule has 1 heterocycles. The van der Waals surface area contributed by atoms with Crippen LogP contribution in [0.3, 0.4) is 0 Å². The Bertz CT molecular complexity index is 1190. The molecule has 2 amide bonds. The molecule has 0 spiro atoms. The largest absolute Gasteiger partial charge is 0.390 e. The molecule has 3 aromatic carbocycles. The summed E-state index contributed by atoms with van der Waals surface area (Å²) in [6.45, 7) is 2.20. The van der Waals surface area contributed by atoms with Crippen molar-refractivity contribution in [3.05, 3.63) is 101 Å². The number of carbonyl (C=O) groups excluding carboxylic acids is 1. The van der Waals surface area contributed by atoms with E-state index in [2.05, 4.69) is 21.6 Å². The molecule has 1 saturated heterocycles. The predicted molar refractivity (Wildman–Crippen MR) is 143 cm³/mol. The minimum absolute atomic E-state index is 0.212. The van der Waals surface area contributed by atoms with Gasteiger partial charge in [-0.05, 0) is 86.1 Å². The quantitative estimate of drug-likeness (QED) is 0.396. The molecular weight excluding hydrogens is 467 g/mol. The lowest BCUT2D eigenvalue weighted by atomic mass is 9.90. The third-order valence-electron chi connectivity index (χ3n) is 6.92. The molecule has 37 heavy (non-hydrogen) atoms. The van der Waals surface area contributed by atoms with Crippen molar-refractivity contribution in [3.8, 4) is 6.07 Å². The fraction of sp³-hybridized carbons (Fsp3) is 0.333. The third-order valence-corrected chi connectivity index (χ3v) is 6.92. The summed E-state index contributed by atoms with van der Waals surface area (Å²) in [5.41, 5.74) is 3.16. The number of nitriles is 1. The fourth-order valence-corrected chi connectivity index (χ4v) is 4.87. The molecule has 0 bridgehead atoms. The zero-order valence-electron chi connectivity index (χ0n) is 20.8. The van der Waals surface area contributed by atoms with Crippen LogP contribution in [-0.2, 0) is 12.8 Å². The van der Waals surface area contributed by atoms with Crippen LogP contribution in [0.5, 0.6) is 0 Å². The van der Waals surface area contributed by atoms with Gasteiger partial charge in [0, 0.05) is 12.2 Å². The van der Waals surface area contributed by atoms with Crippen molar-refractivity contribution in [2.45, 2.75) is 37.8 Å². The summed E-state index contributed by atoms with van der Waals surface area (Å²) in [7, 11) is 0. The number of aliphatic hydroxyl groups excluding tert-OH is 1. The van der Waals surface area contributed by atoms with Crippen molar-refractivity contribution in [1.82, 2.24) is 10.2 Å². The van der Waals surface area contributed by atoms with Crippen LogP contribution in [0.1, 0.15) is 29.5 Å². The van der Waals surface area contributed by atoms with Crippen molar-refractivity contribution < 1.29 is 14.3 Å². The summed E-state index contributed by atoms with van der Waals surface area (Å²) in [5, 5.41) is 26.0. The van der Waals surface area contributed by atoms with E-state index in [1.54, 1.807) is 24.3 Å². The van der Waals surface area contributed by atoms with E-state index < -0.39 is 18.2 Å². The molecule has 4 rings (SSSR count). The number of hydrogen-bond donors (Lipinski definition) is 3. The zero-order chi connectivity index (χ0) is 26.0. The number of hydrogen-bond acceptors (Lipinski definition) is 4. The monoisotopic (exact) mass is 500 g/mol. The highest BCUT2D eigenvalue weighted by Gasteiger charge is 2.27. The van der Waals surface area contributed by atoms with Gasteiger partial charge in [0.1, 0.15) is 5.82 Å². The van der Waals surface area contributed by atoms with E-state index in [1.807, 2.05) is 42.5 Å². The van der Waals surface area contributed by atoms with Gasteiger partial charge in [-0.2, -0.15) is 5.26 Å². The summed E-state index contributed by atoms with van der Waals surface area (Å²) in [5.74, 6) is 0.322. The highest BCUT2D eigenvalue weighted by molar-refractivity contribution is 5.89. The number of urea groups is 1. The Morgan fingerprint density at radius 2 is 1.76 bits per heavy atom. The molecule has 3 N–H and O–H groups in total. The van der Waals surface area contributed by atoms with Crippen molar-refractivity contribution in [2.24, 2.45) is 5.92 Å². The summed E-state index contributed by atoms with van der Waals surface area (Å²) >= 11 is 0. The van der Waals surface area contributed by atoms with Crippen LogP contribution in [0.15, 0.2) is 78.9 Å². The van der Waals surface area contributed by atoms with Gasteiger partial charge >= 0.3 is 6.03 Å². The zero-order valence-corrected chi connectivity index (χ0v) is 20.8. The molecule has 1 fully saturated rings. The van der Waals surface area contributed by atoms with Crippen LogP contribution < -0.4 is 10.6 Å². The molecule has 2 unspecified atom stereocenters. The maximum Gasteiger partial charge on any atom is 0.319 e. The van der Waals surface area contributed by atoms with E-state index in [4.69, 9.17) is 5.26 Å². The normalized spacial score (nSPS) is 15.9. The molecule has 192 valence electrons. The van der Waals surface area contributed by atoms with E-state index >= 15 is 0 Å². The van der Waals surface area contributed by atoms with E-state index in [-0.39, 0.29) is 5.82 Å². The lowest BCUT2D eigenvalue weighted by molar-refractivity contribution is 0.0659. The van der Waals surface area contributed by atoms with E-state index in [1.165, 1.54) is 12.1 Å². The number of carbonyl (C=O) groups is 1. The lowest BCUT2D eigenvalue weighted by Gasteiger charge is -2.35. The molecule has 0 radical (unpaired) electrons. The number of piperidine rings is 1. The Kier molecular flexibility index (Phi) is 9.25. The third kappa shape index (κ3) is 8.14. The topological polar surface area (TPSA) is 88.4 Å². The number of benzene rings is 3. The number of aliphatic hydroxyl groups is 1. The SMILES string of the molecule is N#Cc1cccc(NC(=O)NC(Cc2ccccc2)C(O)CN2CCC(Cc3ccc(F)cc3)CC2)c1. The predicted octanol–water partition coefficient (Wildman–Crippen LogP) is 4.75. The van der Waals surface area contributed by atoms with Gasteiger partial charge in [-0.3, -0.25) is 0 Å². The van der Waals surface area contributed by atoms with Crippen molar-refractivity contribution in [1.29, 1.82) is 5.26 Å². The Labute approximate surface area is 217 Å². The second-order valence-corrected chi connectivity index (χ2v) is 9.73. The number of amides is 2. The van der Waals surface area contributed by atoms with Crippen molar-refractivity contribution in [3.63, 3.8) is 0 Å². The van der Waals surface area contributed by atoms with Gasteiger partial charge in [0.25, 0.3) is 0 Å². The van der Waals surface area contributed by atoms with Gasteiger partial charge in [-0.15, -0.1) is 0 Å². The van der Waals surface area contributed by atoms with E-state index in [9.17, 15) is 14.3 Å². The Balaban J connectivity index is 1.33. The summed E-state index contributed by atoms with van der Waals surface area (Å²) < 4.78 is 13.2. The number of anilines is 1. The van der Waals surface area contributed by atoms with Crippen LogP contribution in [0.25, 0.3) is 0 Å². The number of likely N-dealkylation sites (tertiary alicyclic amines) is 1. The molecule has 0 aromatic heterocycles. The second-order valence-electron chi connectivity index (χ2n) is 9.73. The number of nitrogens with one attached hydrogen (secondary N) is 2. The average molecular weight is 501 g/mol. The van der Waals surface area contributed by atoms with Crippen LogP contribution >= 0.6 is 0 Å². The molecule has 1 aliphatic heterocycles. The highest BCUT2D eigenvalue weighted by atomic mass is 19.1. The van der Waals surface area contributed by atoms with E-state index in [0.717, 1.165) is 43.5 Å². The van der Waals surface area contributed by atoms with Crippen molar-refractivity contribution >= 4 is 11.7 Å². The van der Waals surface area contributed by atoms with Crippen molar-refractivity contribution in [2.75, 3.05) is 25.0 Å². The first kappa shape index (κ1) is 26.3. The minimum atomic E-state index is -0.759. The van der Waals surface area contributed by atoms with E-state index in [0.29, 0.717) is 30.1 Å². The lowest BCUT2D eigenvalue weighted by Crippen LogP contribution is -2.51. The standard InChI is InChI=1S/C30H33FN4O2/c31-26-11-9-23(10-12-26)17-24-13-15-35(16-14-24)21-29(36)28(19-22-5-2-1-3-6-22)34-30(37)33-27-8-4-7-25(18-27)20-32/h1-12,18,24,28-29,36H,13-17,19,21H2,(H2,33,34,37). The van der Waals surface area contributed by atoms with Gasteiger partial charge in [-0.1, -0.05) is 48.5 Å². The molecule has 7 heteroatoms. The summed E-state index contributed by atoms with van der Waals surface area (Å²) in [4.78, 5) is 15.0. The fourth-order valence-electron chi connectivity index (χ4n) is 4.87. The highest BCUT2D eigenvalue weighted by Crippen LogP contribution is 2.22. The Hall–Kier alpha value is -3.73. The molecule has 0 saturated carbocycles. The van der Waals surface area contributed by atoms with Gasteiger partial charge in [0.05, 0.1) is 23.8 Å². The molecule has 6 nitrogen and oxygen atoms in total. The van der Waals surface area contributed by atoms with Crippen LogP contribution in [0.4, 0.5) is 14.9 Å². The molecule has 2 atom stereocenters. The van der Waals surface area contributed by atoms with Gasteiger partial charge in [0.15, 0.2) is 0 Å². The Morgan fingerprint density at radius 3 is 2.46 bits per heavy atom. The maximum atomic E-state index is 13.2. The number of halogens is 1. The molecular formula is C30H33FN4O2. The Morgan fingerprint density at radius 1 is 1.03 bits per heavy atom. The molecule has 1 aliphatic rings. The maximum absolute atomic E-state index is 13.2. The number of β-amino-alcohol motifs (C(OH)–C–C–N with tert-alkyl or cyclic N) is 1. The first-order valence-corrected chi connectivity index (χ1v) is 12.7. The van der Waals surface area contributed by atoms with Gasteiger partial charge in [-0.25, -0.2) is 9.18 Å². The second kappa shape index (κ2) is 13.0. The first-order valence-electron chi connectivity index (χ1n) is 12.7. The van der Waals surface area contributed by atoms with Gasteiger partial charge in [0.2, 0.25) is 0 Å². The van der Waals surface area contributed by atoms with Crippen LogP contribution in [0.2, 0.25) is 0 Å². The van der Waals surface area contributed by atoms with Crippen LogP contribution in [-0.4, -0.2) is 47.8 Å².